The van der Waals surface area contributed by atoms with Gasteiger partial charge in [-0.25, -0.2) is 4.68 Å². The number of aromatic nitrogens is 2. The summed E-state index contributed by atoms with van der Waals surface area (Å²) in [6.45, 7) is 0.685. The smallest absolute Gasteiger partial charge is 0.291 e. The molecule has 2 fully saturated rings. The summed E-state index contributed by atoms with van der Waals surface area (Å²) in [6, 6.07) is 0. The molecular weight excluding hydrogens is 290 g/mol. The molecule has 0 bridgehead atoms. The van der Waals surface area contributed by atoms with Crippen molar-refractivity contribution >= 4 is 17.3 Å². The van der Waals surface area contributed by atoms with E-state index in [1.807, 2.05) is 0 Å². The molecule has 2 aliphatic carbocycles. The van der Waals surface area contributed by atoms with E-state index in [0.29, 0.717) is 23.2 Å². The molecule has 0 aliphatic heterocycles. The average Bonchev–Trinajstić information content (AvgIpc) is 2.90. The topological polar surface area (TPSA) is 67.2 Å². The van der Waals surface area contributed by atoms with Crippen molar-refractivity contribution in [2.45, 2.75) is 57.0 Å². The summed E-state index contributed by atoms with van der Waals surface area (Å²) in [5.74, 6) is 0.558. The molecule has 0 unspecified atom stereocenters. The third-order valence-corrected chi connectivity index (χ3v) is 5.19. The van der Waals surface area contributed by atoms with E-state index < -0.39 is 5.54 Å². The zero-order valence-corrected chi connectivity index (χ0v) is 12.9. The second kappa shape index (κ2) is 5.97. The number of anilines is 1. The van der Waals surface area contributed by atoms with E-state index in [4.69, 9.17) is 11.6 Å². The van der Waals surface area contributed by atoms with Gasteiger partial charge in [0.25, 0.3) is 5.56 Å². The SMILES string of the molecule is O=c1c(NC2(CO)CCCC2)c(Cl)cnn1CC1CCC1. The molecule has 0 atom stereocenters. The average molecular weight is 312 g/mol. The lowest BCUT2D eigenvalue weighted by molar-refractivity contribution is 0.213. The summed E-state index contributed by atoms with van der Waals surface area (Å²) < 4.78 is 1.51. The number of hydrogen-bond acceptors (Lipinski definition) is 4. The zero-order chi connectivity index (χ0) is 14.9. The summed E-state index contributed by atoms with van der Waals surface area (Å²) >= 11 is 6.16. The fraction of sp³-hybridized carbons (Fsp3) is 0.733. The highest BCUT2D eigenvalue weighted by molar-refractivity contribution is 6.33. The molecule has 2 saturated carbocycles. The maximum Gasteiger partial charge on any atom is 0.291 e. The Morgan fingerprint density at radius 1 is 1.38 bits per heavy atom. The second-order valence-corrected chi connectivity index (χ2v) is 6.83. The molecule has 0 aromatic carbocycles. The van der Waals surface area contributed by atoms with Gasteiger partial charge in [-0.05, 0) is 31.6 Å². The van der Waals surface area contributed by atoms with Gasteiger partial charge in [-0.2, -0.15) is 5.10 Å². The maximum atomic E-state index is 12.6. The molecular formula is C15H22ClN3O2. The molecule has 2 aliphatic rings. The molecule has 116 valence electrons. The molecule has 5 nitrogen and oxygen atoms in total. The molecule has 2 N–H and O–H groups in total. The van der Waals surface area contributed by atoms with E-state index in [1.165, 1.54) is 30.1 Å². The molecule has 6 heteroatoms. The van der Waals surface area contributed by atoms with Gasteiger partial charge >= 0.3 is 0 Å². The van der Waals surface area contributed by atoms with E-state index in [0.717, 1.165) is 25.7 Å². The zero-order valence-electron chi connectivity index (χ0n) is 12.1. The molecule has 0 radical (unpaired) electrons. The second-order valence-electron chi connectivity index (χ2n) is 6.42. The Morgan fingerprint density at radius 3 is 2.67 bits per heavy atom. The van der Waals surface area contributed by atoms with Crippen molar-refractivity contribution in [2.75, 3.05) is 11.9 Å². The highest BCUT2D eigenvalue weighted by Crippen LogP contribution is 2.33. The van der Waals surface area contributed by atoms with Crippen molar-refractivity contribution in [1.29, 1.82) is 0 Å². The minimum absolute atomic E-state index is 0.0215. The number of nitrogens with zero attached hydrogens (tertiary/aromatic N) is 2. The van der Waals surface area contributed by atoms with Crippen LogP contribution in [0.5, 0.6) is 0 Å². The normalized spacial score (nSPS) is 21.2. The first-order chi connectivity index (χ1) is 10.1. The Morgan fingerprint density at radius 2 is 2.10 bits per heavy atom. The molecule has 0 spiro atoms. The summed E-state index contributed by atoms with van der Waals surface area (Å²) in [6.07, 6.45) is 8.96. The van der Waals surface area contributed by atoms with Gasteiger partial charge in [-0.3, -0.25) is 4.79 Å². The molecule has 0 amide bonds. The first-order valence-corrected chi connectivity index (χ1v) is 8.16. The summed E-state index contributed by atoms with van der Waals surface area (Å²) in [5.41, 5.74) is -0.186. The van der Waals surface area contributed by atoms with Crippen LogP contribution in [0.4, 0.5) is 5.69 Å². The summed E-state index contributed by atoms with van der Waals surface area (Å²) in [4.78, 5) is 12.6. The van der Waals surface area contributed by atoms with E-state index >= 15 is 0 Å². The number of aliphatic hydroxyl groups is 1. The Balaban J connectivity index is 1.86. The first kappa shape index (κ1) is 14.9. The monoisotopic (exact) mass is 311 g/mol. The van der Waals surface area contributed by atoms with Crippen molar-refractivity contribution < 1.29 is 5.11 Å². The van der Waals surface area contributed by atoms with Gasteiger partial charge in [0.05, 0.1) is 23.4 Å². The standard InChI is InChI=1S/C15H22ClN3O2/c16-12-8-17-19(9-11-4-3-5-11)14(21)13(12)18-15(10-20)6-1-2-7-15/h8,11,18,20H,1-7,9-10H2. The number of nitrogens with one attached hydrogen (secondary N) is 1. The lowest BCUT2D eigenvalue weighted by Gasteiger charge is -2.30. The van der Waals surface area contributed by atoms with Crippen LogP contribution in [-0.2, 0) is 6.54 Å². The van der Waals surface area contributed by atoms with Crippen molar-refractivity contribution in [3.05, 3.63) is 21.6 Å². The van der Waals surface area contributed by atoms with Crippen LogP contribution in [-0.4, -0.2) is 27.0 Å². The van der Waals surface area contributed by atoms with Crippen LogP contribution in [0.15, 0.2) is 11.0 Å². The van der Waals surface area contributed by atoms with Crippen molar-refractivity contribution in [3.8, 4) is 0 Å². The molecule has 21 heavy (non-hydrogen) atoms. The summed E-state index contributed by atoms with van der Waals surface area (Å²) in [7, 11) is 0. The lowest BCUT2D eigenvalue weighted by atomic mass is 9.85. The Bertz CT molecular complexity index is 563. The van der Waals surface area contributed by atoms with E-state index in [2.05, 4.69) is 10.4 Å². The van der Waals surface area contributed by atoms with Crippen LogP contribution in [0.2, 0.25) is 5.02 Å². The Kier molecular flexibility index (Phi) is 4.22. The molecule has 3 rings (SSSR count). The van der Waals surface area contributed by atoms with Crippen LogP contribution in [0, 0.1) is 5.92 Å². The minimum Gasteiger partial charge on any atom is -0.394 e. The van der Waals surface area contributed by atoms with E-state index in [-0.39, 0.29) is 12.2 Å². The highest BCUT2D eigenvalue weighted by Gasteiger charge is 2.34. The first-order valence-electron chi connectivity index (χ1n) is 7.78. The minimum atomic E-state index is -0.404. The number of aliphatic hydroxyl groups excluding tert-OH is 1. The van der Waals surface area contributed by atoms with E-state index in [9.17, 15) is 9.90 Å². The fourth-order valence-corrected chi connectivity index (χ4v) is 3.44. The molecule has 0 saturated heterocycles. The Labute approximate surface area is 129 Å². The van der Waals surface area contributed by atoms with Gasteiger partial charge in [-0.15, -0.1) is 0 Å². The van der Waals surface area contributed by atoms with Gasteiger partial charge in [0, 0.05) is 6.54 Å². The largest absolute Gasteiger partial charge is 0.394 e. The van der Waals surface area contributed by atoms with Gasteiger partial charge in [0.15, 0.2) is 0 Å². The third-order valence-electron chi connectivity index (χ3n) is 4.91. The van der Waals surface area contributed by atoms with E-state index in [1.54, 1.807) is 0 Å². The Hall–Kier alpha value is -1.07. The number of hydrogen-bond donors (Lipinski definition) is 2. The summed E-state index contributed by atoms with van der Waals surface area (Å²) in [5, 5.41) is 17.4. The van der Waals surface area contributed by atoms with Crippen molar-refractivity contribution in [3.63, 3.8) is 0 Å². The fourth-order valence-electron chi connectivity index (χ4n) is 3.27. The quantitative estimate of drug-likeness (QED) is 0.876. The number of rotatable bonds is 5. The van der Waals surface area contributed by atoms with Crippen LogP contribution < -0.4 is 10.9 Å². The van der Waals surface area contributed by atoms with Crippen molar-refractivity contribution in [2.24, 2.45) is 5.92 Å². The van der Waals surface area contributed by atoms with Gasteiger partial charge in [-0.1, -0.05) is 30.9 Å². The molecule has 1 heterocycles. The third kappa shape index (κ3) is 2.94. The lowest BCUT2D eigenvalue weighted by Crippen LogP contribution is -2.42. The predicted octanol–water partition coefficient (Wildman–Crippen LogP) is 2.41. The van der Waals surface area contributed by atoms with Crippen LogP contribution in [0.25, 0.3) is 0 Å². The number of halogens is 1. The highest BCUT2D eigenvalue weighted by atomic mass is 35.5. The van der Waals surface area contributed by atoms with Crippen LogP contribution in [0.1, 0.15) is 44.9 Å². The van der Waals surface area contributed by atoms with Crippen molar-refractivity contribution in [1.82, 2.24) is 9.78 Å². The maximum absolute atomic E-state index is 12.6. The molecule has 1 aromatic rings. The predicted molar refractivity (Wildman–Crippen MR) is 82.8 cm³/mol. The van der Waals surface area contributed by atoms with Gasteiger partial charge in [0.1, 0.15) is 5.69 Å². The molecule has 1 aromatic heterocycles. The van der Waals surface area contributed by atoms with Gasteiger partial charge < -0.3 is 10.4 Å². The van der Waals surface area contributed by atoms with Crippen LogP contribution >= 0.6 is 11.6 Å². The van der Waals surface area contributed by atoms with Gasteiger partial charge in [0.2, 0.25) is 0 Å². The van der Waals surface area contributed by atoms with Crippen LogP contribution in [0.3, 0.4) is 0 Å².